The van der Waals surface area contributed by atoms with Gasteiger partial charge in [0.15, 0.2) is 22.9 Å². The van der Waals surface area contributed by atoms with Crippen molar-refractivity contribution in [2.24, 2.45) is 17.8 Å². The SMILES string of the molecule is CCCCCCCCCCCCCCCCCCCCCCCCCC(=O)N[C@@H](CO[C@H]1OC(COC)[C@H](C)[C@H](C)C1C)[C@H](O[Si](C)(C)C(C)(C)C)[C@@H](CCCCCCCCCCCCCC)O[Si](C)(C)C(C)(C)C. The molecule has 0 aromatic carbocycles. The Kier molecular flexibility index (Phi) is 41.2. The van der Waals surface area contributed by atoms with E-state index in [1.54, 1.807) is 7.11 Å². The van der Waals surface area contributed by atoms with Crippen LogP contribution >= 0.6 is 0 Å². The predicted octanol–water partition coefficient (Wildman–Crippen LogP) is 21.0. The first-order valence-corrected chi connectivity index (χ1v) is 38.9. The molecule has 1 aliphatic heterocycles. The lowest BCUT2D eigenvalue weighted by molar-refractivity contribution is -0.258. The first-order valence-electron chi connectivity index (χ1n) is 33.0. The molecule has 0 aromatic rings. The molecule has 1 fully saturated rings. The third-order valence-corrected chi connectivity index (χ3v) is 27.7. The van der Waals surface area contributed by atoms with E-state index in [-0.39, 0.29) is 46.3 Å². The highest BCUT2D eigenvalue weighted by Crippen LogP contribution is 2.42. The Bertz CT molecular complexity index is 1330. The van der Waals surface area contributed by atoms with E-state index in [4.69, 9.17) is 23.1 Å². The third-order valence-electron chi connectivity index (χ3n) is 18.7. The Morgan fingerprint density at radius 2 is 0.840 bits per heavy atom. The largest absolute Gasteiger partial charge is 0.411 e. The van der Waals surface area contributed by atoms with Crippen molar-refractivity contribution in [3.63, 3.8) is 0 Å². The second-order valence-electron chi connectivity index (χ2n) is 27.5. The number of hydrogen-bond donors (Lipinski definition) is 1. The second kappa shape index (κ2) is 42.5. The lowest BCUT2D eigenvalue weighted by Gasteiger charge is -2.48. The molecule has 9 heteroatoms. The van der Waals surface area contributed by atoms with E-state index in [1.807, 2.05) is 0 Å². The zero-order valence-electron chi connectivity index (χ0n) is 53.6. The van der Waals surface area contributed by atoms with Gasteiger partial charge in [-0.3, -0.25) is 4.79 Å². The maximum atomic E-state index is 14.3. The van der Waals surface area contributed by atoms with Gasteiger partial charge in [0.2, 0.25) is 5.91 Å². The third kappa shape index (κ3) is 33.3. The molecule has 0 aliphatic carbocycles. The van der Waals surface area contributed by atoms with Gasteiger partial charge >= 0.3 is 0 Å². The molecule has 1 rings (SSSR count). The number of carbonyl (C=O) groups is 1. The molecule has 1 saturated heterocycles. The fourth-order valence-electron chi connectivity index (χ4n) is 10.8. The molecular weight excluding hydrogens is 959 g/mol. The van der Waals surface area contributed by atoms with E-state index >= 15 is 0 Å². The molecule has 0 radical (unpaired) electrons. The quantitative estimate of drug-likeness (QED) is 0.0483. The molecule has 0 saturated carbocycles. The van der Waals surface area contributed by atoms with Crippen LogP contribution in [0.15, 0.2) is 0 Å². The van der Waals surface area contributed by atoms with Crippen LogP contribution in [0.3, 0.4) is 0 Å². The summed E-state index contributed by atoms with van der Waals surface area (Å²) in [5.74, 6) is 1.05. The summed E-state index contributed by atoms with van der Waals surface area (Å²) in [5, 5.41) is 3.61. The van der Waals surface area contributed by atoms with Gasteiger partial charge in [0.1, 0.15) is 0 Å². The molecule has 2 unspecified atom stereocenters. The summed E-state index contributed by atoms with van der Waals surface area (Å²) in [4.78, 5) is 14.3. The average molecular weight is 1090 g/mol. The topological polar surface area (TPSA) is 75.3 Å². The number of carbonyl (C=O) groups excluding carboxylic acids is 1. The van der Waals surface area contributed by atoms with Crippen LogP contribution in [-0.4, -0.2) is 73.5 Å². The van der Waals surface area contributed by atoms with Gasteiger partial charge in [-0.05, 0) is 60.9 Å². The van der Waals surface area contributed by atoms with Crippen molar-refractivity contribution in [1.29, 1.82) is 0 Å². The van der Waals surface area contributed by atoms with Crippen LogP contribution in [0.2, 0.25) is 36.3 Å². The Hall–Kier alpha value is -0.296. The van der Waals surface area contributed by atoms with Gasteiger partial charge in [0.05, 0.1) is 37.6 Å². The number of unbranched alkanes of at least 4 members (excludes halogenated alkanes) is 33. The van der Waals surface area contributed by atoms with Gasteiger partial charge < -0.3 is 28.4 Å². The molecule has 1 aliphatic rings. The fraction of sp³-hybridized carbons (Fsp3) is 0.985. The van der Waals surface area contributed by atoms with Crippen LogP contribution in [-0.2, 0) is 27.9 Å². The van der Waals surface area contributed by atoms with Gasteiger partial charge in [-0.15, -0.1) is 0 Å². The van der Waals surface area contributed by atoms with Crippen LogP contribution in [0.4, 0.5) is 0 Å². The van der Waals surface area contributed by atoms with Crippen molar-refractivity contribution in [2.45, 2.75) is 381 Å². The van der Waals surface area contributed by atoms with E-state index in [2.05, 4.69) is 108 Å². The molecule has 0 aromatic heterocycles. The van der Waals surface area contributed by atoms with E-state index in [0.29, 0.717) is 31.5 Å². The molecule has 75 heavy (non-hydrogen) atoms. The smallest absolute Gasteiger partial charge is 0.220 e. The molecule has 8 atom stereocenters. The minimum Gasteiger partial charge on any atom is -0.411 e. The van der Waals surface area contributed by atoms with Crippen molar-refractivity contribution in [3.05, 3.63) is 0 Å². The summed E-state index contributed by atoms with van der Waals surface area (Å²) in [6.07, 6.45) is 47.7. The van der Waals surface area contributed by atoms with Crippen LogP contribution in [0.25, 0.3) is 0 Å². The number of amides is 1. The predicted molar refractivity (Wildman–Crippen MR) is 332 cm³/mol. The molecule has 7 nitrogen and oxygen atoms in total. The normalized spacial score (nSPS) is 20.1. The molecule has 1 heterocycles. The maximum absolute atomic E-state index is 14.3. The van der Waals surface area contributed by atoms with Gasteiger partial charge in [-0.2, -0.15) is 0 Å². The molecule has 0 spiro atoms. The van der Waals surface area contributed by atoms with Crippen LogP contribution in [0.5, 0.6) is 0 Å². The summed E-state index contributed by atoms with van der Waals surface area (Å²) in [5.41, 5.74) is 0. The Labute approximate surface area is 472 Å². The van der Waals surface area contributed by atoms with Crippen LogP contribution in [0.1, 0.15) is 314 Å². The number of ether oxygens (including phenoxy) is 3. The molecule has 448 valence electrons. The first-order chi connectivity index (χ1) is 35.6. The number of methoxy groups -OCH3 is 1. The summed E-state index contributed by atoms with van der Waals surface area (Å²) in [7, 11) is -2.87. The Morgan fingerprint density at radius 3 is 1.20 bits per heavy atom. The second-order valence-corrected chi connectivity index (χ2v) is 37.1. The number of rotatable bonds is 49. The monoisotopic (exact) mass is 1090 g/mol. The van der Waals surface area contributed by atoms with Crippen molar-refractivity contribution < 1.29 is 27.9 Å². The van der Waals surface area contributed by atoms with Gasteiger partial charge in [0.25, 0.3) is 0 Å². The van der Waals surface area contributed by atoms with Gasteiger partial charge in [-0.1, -0.05) is 294 Å². The zero-order chi connectivity index (χ0) is 56.0. The highest BCUT2D eigenvalue weighted by molar-refractivity contribution is 6.74. The molecule has 1 amide bonds. The molecular formula is C66H135NO6Si2. The Balaban J connectivity index is 2.99. The van der Waals surface area contributed by atoms with Crippen molar-refractivity contribution in [1.82, 2.24) is 5.32 Å². The van der Waals surface area contributed by atoms with Gasteiger partial charge in [0, 0.05) is 19.4 Å². The zero-order valence-corrected chi connectivity index (χ0v) is 55.6. The maximum Gasteiger partial charge on any atom is 0.220 e. The van der Waals surface area contributed by atoms with E-state index in [9.17, 15) is 4.79 Å². The summed E-state index contributed by atoms with van der Waals surface area (Å²) >= 11 is 0. The first kappa shape index (κ1) is 72.7. The average Bonchev–Trinajstić information content (AvgIpc) is 3.34. The summed E-state index contributed by atoms with van der Waals surface area (Å²) in [6, 6.07) is -0.380. The summed E-state index contributed by atoms with van der Waals surface area (Å²) in [6.45, 7) is 35.8. The highest BCUT2D eigenvalue weighted by atomic mass is 28.4. The standard InChI is InChI=1S/C66H135NO6Si2/c1-17-19-21-23-25-27-29-31-32-33-34-35-36-37-38-39-40-41-43-45-47-49-51-53-62(68)67-59(54-70-64-58(5)56(3)57(4)61(71-64)55-69-12)63(73-75(15,16)66(9,10)11)60(72-74(13,14)65(6,7)8)52-50-48-46-44-42-30-28-26-24-22-20-18-2/h56-61,63-64H,17-55H2,1-16H3,(H,67,68)/t56-,57+,58?,59-,60+,61?,63-,64-/m0/s1. The Morgan fingerprint density at radius 1 is 0.493 bits per heavy atom. The van der Waals surface area contributed by atoms with Crippen molar-refractivity contribution >= 4 is 22.5 Å². The number of nitrogens with one attached hydrogen (secondary N) is 1. The molecule has 1 N–H and O–H groups in total. The van der Waals surface area contributed by atoms with E-state index in [1.165, 1.54) is 205 Å². The van der Waals surface area contributed by atoms with Crippen molar-refractivity contribution in [3.8, 4) is 0 Å². The lowest BCUT2D eigenvalue weighted by atomic mass is 9.79. The minimum atomic E-state index is -2.36. The van der Waals surface area contributed by atoms with E-state index < -0.39 is 22.9 Å². The lowest BCUT2D eigenvalue weighted by Crippen LogP contribution is -2.60. The van der Waals surface area contributed by atoms with Crippen molar-refractivity contribution in [2.75, 3.05) is 20.3 Å². The summed E-state index contributed by atoms with van der Waals surface area (Å²) < 4.78 is 34.5. The van der Waals surface area contributed by atoms with Crippen LogP contribution < -0.4 is 5.32 Å². The van der Waals surface area contributed by atoms with Crippen LogP contribution in [0, 0.1) is 17.8 Å². The minimum absolute atomic E-state index is 0.0239. The van der Waals surface area contributed by atoms with E-state index in [0.717, 1.165) is 25.7 Å². The van der Waals surface area contributed by atoms with Gasteiger partial charge in [-0.25, -0.2) is 0 Å². The fourth-order valence-corrected chi connectivity index (χ4v) is 13.5. The highest BCUT2D eigenvalue weighted by Gasteiger charge is 2.48. The number of hydrogen-bond acceptors (Lipinski definition) is 6. The molecule has 0 bridgehead atoms.